The molecular weight excluding hydrogens is 212 g/mol. The number of aliphatic hydroxyl groups excluding tert-OH is 1. The Bertz CT molecular complexity index is 396. The van der Waals surface area contributed by atoms with E-state index >= 15 is 0 Å². The summed E-state index contributed by atoms with van der Waals surface area (Å²) in [7, 11) is 0. The number of carbonyl (C=O) groups is 1. The van der Waals surface area contributed by atoms with Gasteiger partial charge in [0.15, 0.2) is 0 Å². The first kappa shape index (κ1) is 11.5. The molecule has 2 saturated carbocycles. The molecular formula is C15H22O2. The number of aldehydes is 1. The van der Waals surface area contributed by atoms with E-state index in [1.165, 1.54) is 5.57 Å². The quantitative estimate of drug-likeness (QED) is 0.559. The molecule has 1 N–H and O–H groups in total. The maximum Gasteiger partial charge on any atom is 0.129 e. The molecule has 0 spiro atoms. The van der Waals surface area contributed by atoms with Crippen LogP contribution in [0.1, 0.15) is 40.0 Å². The van der Waals surface area contributed by atoms with Crippen molar-refractivity contribution in [2.45, 2.75) is 46.1 Å². The van der Waals surface area contributed by atoms with E-state index in [-0.39, 0.29) is 5.41 Å². The van der Waals surface area contributed by atoms with Gasteiger partial charge in [0.25, 0.3) is 0 Å². The van der Waals surface area contributed by atoms with Crippen LogP contribution in [-0.2, 0) is 4.79 Å². The highest BCUT2D eigenvalue weighted by Crippen LogP contribution is 2.67. The van der Waals surface area contributed by atoms with Gasteiger partial charge in [-0.1, -0.05) is 32.4 Å². The minimum absolute atomic E-state index is 0.0887. The maximum absolute atomic E-state index is 11.7. The Balaban J connectivity index is 2.16. The summed E-state index contributed by atoms with van der Waals surface area (Å²) < 4.78 is 0. The SMILES string of the molecule is C[C@@H]1CC=C2[C@@H]3[C@H]1C[C@@H](O)[C@@]3(C=O)CC2(C)C. The van der Waals surface area contributed by atoms with E-state index in [1.54, 1.807) is 0 Å². The molecule has 0 aromatic heterocycles. The Morgan fingerprint density at radius 3 is 2.82 bits per heavy atom. The van der Waals surface area contributed by atoms with Gasteiger partial charge in [0.05, 0.1) is 11.5 Å². The van der Waals surface area contributed by atoms with Crippen molar-refractivity contribution in [3.05, 3.63) is 11.6 Å². The molecule has 3 aliphatic rings. The predicted molar refractivity (Wildman–Crippen MR) is 66.4 cm³/mol. The summed E-state index contributed by atoms with van der Waals surface area (Å²) in [6.45, 7) is 6.71. The van der Waals surface area contributed by atoms with Crippen LogP contribution in [0, 0.1) is 28.6 Å². The fourth-order valence-electron chi connectivity index (χ4n) is 4.90. The third kappa shape index (κ3) is 1.22. The van der Waals surface area contributed by atoms with Crippen LogP contribution in [0.25, 0.3) is 0 Å². The zero-order valence-electron chi connectivity index (χ0n) is 10.9. The Morgan fingerprint density at radius 1 is 1.47 bits per heavy atom. The van der Waals surface area contributed by atoms with E-state index in [0.29, 0.717) is 17.8 Å². The van der Waals surface area contributed by atoms with E-state index in [4.69, 9.17) is 0 Å². The van der Waals surface area contributed by atoms with Crippen molar-refractivity contribution in [3.8, 4) is 0 Å². The molecule has 0 unspecified atom stereocenters. The lowest BCUT2D eigenvalue weighted by atomic mass is 9.69. The van der Waals surface area contributed by atoms with Crippen LogP contribution >= 0.6 is 0 Å². The average Bonchev–Trinajstić information content (AvgIpc) is 2.67. The molecule has 0 saturated heterocycles. The second-order valence-electron chi connectivity index (χ2n) is 7.06. The zero-order chi connectivity index (χ0) is 12.4. The number of aliphatic hydroxyl groups is 1. The molecule has 0 aliphatic heterocycles. The van der Waals surface area contributed by atoms with E-state index in [0.717, 1.165) is 25.5 Å². The molecule has 0 amide bonds. The zero-order valence-corrected chi connectivity index (χ0v) is 10.9. The van der Waals surface area contributed by atoms with Gasteiger partial charge in [-0.3, -0.25) is 0 Å². The Labute approximate surface area is 103 Å². The second-order valence-corrected chi connectivity index (χ2v) is 7.06. The number of hydrogen-bond donors (Lipinski definition) is 1. The van der Waals surface area contributed by atoms with Crippen LogP contribution in [0.2, 0.25) is 0 Å². The van der Waals surface area contributed by atoms with Crippen LogP contribution < -0.4 is 0 Å². The summed E-state index contributed by atoms with van der Waals surface area (Å²) in [5, 5.41) is 10.4. The molecule has 2 heteroatoms. The lowest BCUT2D eigenvalue weighted by molar-refractivity contribution is -0.122. The first-order valence-corrected chi connectivity index (χ1v) is 6.77. The lowest BCUT2D eigenvalue weighted by Gasteiger charge is -2.35. The van der Waals surface area contributed by atoms with Gasteiger partial charge in [-0.2, -0.15) is 0 Å². The van der Waals surface area contributed by atoms with E-state index in [2.05, 4.69) is 26.8 Å². The highest BCUT2D eigenvalue weighted by molar-refractivity contribution is 5.66. The molecule has 3 aliphatic carbocycles. The Morgan fingerprint density at radius 2 is 2.18 bits per heavy atom. The molecule has 17 heavy (non-hydrogen) atoms. The largest absolute Gasteiger partial charge is 0.392 e. The summed E-state index contributed by atoms with van der Waals surface area (Å²) >= 11 is 0. The number of carbonyl (C=O) groups excluding carboxylic acids is 1. The van der Waals surface area contributed by atoms with Crippen molar-refractivity contribution < 1.29 is 9.90 Å². The van der Waals surface area contributed by atoms with Gasteiger partial charge in [-0.05, 0) is 42.4 Å². The molecule has 0 heterocycles. The van der Waals surface area contributed by atoms with Crippen LogP contribution in [0.15, 0.2) is 11.6 Å². The smallest absolute Gasteiger partial charge is 0.129 e. The molecule has 0 aromatic rings. The molecule has 3 rings (SSSR count). The van der Waals surface area contributed by atoms with Crippen LogP contribution in [0.3, 0.4) is 0 Å². The monoisotopic (exact) mass is 234 g/mol. The second kappa shape index (κ2) is 3.23. The number of allylic oxidation sites excluding steroid dienone is 2. The minimum atomic E-state index is -0.478. The summed E-state index contributed by atoms with van der Waals surface area (Å²) in [5.41, 5.74) is 1.06. The highest BCUT2D eigenvalue weighted by Gasteiger charge is 2.65. The maximum atomic E-state index is 11.7. The highest BCUT2D eigenvalue weighted by atomic mass is 16.3. The third-order valence-corrected chi connectivity index (χ3v) is 5.65. The standard InChI is InChI=1S/C15H22O2/c1-9-4-5-11-13-10(9)6-12(17)15(13,8-16)7-14(11,2)3/h5,8-10,12-13,17H,4,6-7H2,1-3H3/t9-,10+,12-,13+,15+/m1/s1. The molecule has 2 fully saturated rings. The number of hydrogen-bond acceptors (Lipinski definition) is 2. The summed E-state index contributed by atoms with van der Waals surface area (Å²) in [6.07, 6.45) is 5.75. The molecule has 0 bridgehead atoms. The van der Waals surface area contributed by atoms with Crippen molar-refractivity contribution in [1.29, 1.82) is 0 Å². The van der Waals surface area contributed by atoms with Crippen molar-refractivity contribution in [2.75, 3.05) is 0 Å². The van der Waals surface area contributed by atoms with Gasteiger partial charge in [0.2, 0.25) is 0 Å². The van der Waals surface area contributed by atoms with Crippen LogP contribution in [-0.4, -0.2) is 17.5 Å². The van der Waals surface area contributed by atoms with Crippen LogP contribution in [0.5, 0.6) is 0 Å². The molecule has 94 valence electrons. The molecule has 2 nitrogen and oxygen atoms in total. The minimum Gasteiger partial charge on any atom is -0.392 e. The van der Waals surface area contributed by atoms with Gasteiger partial charge in [0, 0.05) is 0 Å². The fourth-order valence-corrected chi connectivity index (χ4v) is 4.90. The third-order valence-electron chi connectivity index (χ3n) is 5.65. The molecule has 0 aromatic carbocycles. The van der Waals surface area contributed by atoms with Crippen molar-refractivity contribution in [3.63, 3.8) is 0 Å². The average molecular weight is 234 g/mol. The lowest BCUT2D eigenvalue weighted by Crippen LogP contribution is -2.35. The van der Waals surface area contributed by atoms with Gasteiger partial charge in [-0.25, -0.2) is 0 Å². The van der Waals surface area contributed by atoms with Crippen molar-refractivity contribution in [1.82, 2.24) is 0 Å². The molecule has 5 atom stereocenters. The van der Waals surface area contributed by atoms with E-state index < -0.39 is 11.5 Å². The predicted octanol–water partition coefficient (Wildman–Crippen LogP) is 2.56. The Kier molecular flexibility index (Phi) is 2.17. The number of rotatable bonds is 1. The van der Waals surface area contributed by atoms with Crippen molar-refractivity contribution >= 4 is 6.29 Å². The van der Waals surface area contributed by atoms with Crippen LogP contribution in [0.4, 0.5) is 0 Å². The van der Waals surface area contributed by atoms with E-state index in [1.807, 2.05) is 0 Å². The topological polar surface area (TPSA) is 37.3 Å². The normalized spacial score (nSPS) is 50.9. The summed E-state index contributed by atoms with van der Waals surface area (Å²) in [4.78, 5) is 11.7. The molecule has 0 radical (unpaired) electrons. The van der Waals surface area contributed by atoms with Gasteiger partial charge < -0.3 is 9.90 Å². The fraction of sp³-hybridized carbons (Fsp3) is 0.800. The van der Waals surface area contributed by atoms with Gasteiger partial charge in [0.1, 0.15) is 6.29 Å². The Hall–Kier alpha value is -0.630. The first-order valence-electron chi connectivity index (χ1n) is 6.77. The van der Waals surface area contributed by atoms with Crippen molar-refractivity contribution in [2.24, 2.45) is 28.6 Å². The summed E-state index contributed by atoms with van der Waals surface area (Å²) in [6, 6.07) is 0. The first-order chi connectivity index (χ1) is 7.92. The van der Waals surface area contributed by atoms with E-state index in [9.17, 15) is 9.90 Å². The van der Waals surface area contributed by atoms with Gasteiger partial charge in [-0.15, -0.1) is 0 Å². The van der Waals surface area contributed by atoms with Gasteiger partial charge >= 0.3 is 0 Å². The summed E-state index contributed by atoms with van der Waals surface area (Å²) in [5.74, 6) is 1.43.